The molecule has 0 fully saturated rings. The van der Waals surface area contributed by atoms with E-state index < -0.39 is 0 Å². The van der Waals surface area contributed by atoms with E-state index in [0.29, 0.717) is 6.61 Å². The van der Waals surface area contributed by atoms with Crippen molar-refractivity contribution in [2.24, 2.45) is 5.41 Å². The lowest BCUT2D eigenvalue weighted by Crippen LogP contribution is -2.34. The lowest BCUT2D eigenvalue weighted by Gasteiger charge is -2.25. The van der Waals surface area contributed by atoms with Gasteiger partial charge in [-0.05, 0) is 17.7 Å². The average molecular weight is 270 g/mol. The summed E-state index contributed by atoms with van der Waals surface area (Å²) < 4.78 is 5.79. The maximum absolute atomic E-state index is 5.79. The van der Waals surface area contributed by atoms with E-state index in [-0.39, 0.29) is 5.41 Å². The van der Waals surface area contributed by atoms with Gasteiger partial charge in [-0.25, -0.2) is 0 Å². The summed E-state index contributed by atoms with van der Waals surface area (Å²) in [5.74, 6) is 0.871. The second-order valence-corrected chi connectivity index (χ2v) is 5.72. The fraction of sp³-hybridized carbons (Fsp3) is 0.353. The molecular weight excluding hydrogens is 248 g/mol. The molecule has 0 bridgehead atoms. The SMILES string of the molecule is CC(C)(CNCc1ccccc1)COc1ccncc1. The second kappa shape index (κ2) is 7.06. The molecule has 1 N–H and O–H groups in total. The molecule has 1 heterocycles. The van der Waals surface area contributed by atoms with E-state index in [2.05, 4.69) is 48.4 Å². The summed E-state index contributed by atoms with van der Waals surface area (Å²) in [6.45, 7) is 6.88. The van der Waals surface area contributed by atoms with Crippen LogP contribution in [-0.2, 0) is 6.54 Å². The van der Waals surface area contributed by atoms with Gasteiger partial charge in [-0.2, -0.15) is 0 Å². The Bertz CT molecular complexity index is 497. The number of pyridine rings is 1. The number of nitrogens with zero attached hydrogens (tertiary/aromatic N) is 1. The Labute approximate surface area is 121 Å². The summed E-state index contributed by atoms with van der Waals surface area (Å²) in [5.41, 5.74) is 1.39. The highest BCUT2D eigenvalue weighted by molar-refractivity contribution is 5.17. The van der Waals surface area contributed by atoms with Gasteiger partial charge in [-0.15, -0.1) is 0 Å². The van der Waals surface area contributed by atoms with Crippen molar-refractivity contribution >= 4 is 0 Å². The van der Waals surface area contributed by atoms with E-state index in [0.717, 1.165) is 18.8 Å². The molecule has 3 heteroatoms. The number of ether oxygens (including phenoxy) is 1. The first kappa shape index (κ1) is 14.5. The Morgan fingerprint density at radius 1 is 1.05 bits per heavy atom. The molecule has 106 valence electrons. The first-order valence-electron chi connectivity index (χ1n) is 6.93. The molecule has 2 rings (SSSR count). The van der Waals surface area contributed by atoms with Gasteiger partial charge in [0, 0.05) is 30.9 Å². The molecule has 0 amide bonds. The van der Waals surface area contributed by atoms with E-state index in [1.54, 1.807) is 12.4 Å². The van der Waals surface area contributed by atoms with Crippen LogP contribution in [0.2, 0.25) is 0 Å². The van der Waals surface area contributed by atoms with Gasteiger partial charge in [0.05, 0.1) is 6.61 Å². The monoisotopic (exact) mass is 270 g/mol. The van der Waals surface area contributed by atoms with Crippen molar-refractivity contribution in [1.82, 2.24) is 10.3 Å². The molecule has 1 aromatic carbocycles. The minimum absolute atomic E-state index is 0.0814. The third-order valence-corrected chi connectivity index (χ3v) is 3.05. The van der Waals surface area contributed by atoms with Crippen LogP contribution in [0.1, 0.15) is 19.4 Å². The van der Waals surface area contributed by atoms with Crippen LogP contribution >= 0.6 is 0 Å². The Balaban J connectivity index is 1.73. The molecule has 0 atom stereocenters. The van der Waals surface area contributed by atoms with Crippen LogP contribution in [0, 0.1) is 5.41 Å². The first-order chi connectivity index (χ1) is 9.66. The molecule has 3 nitrogen and oxygen atoms in total. The van der Waals surface area contributed by atoms with Crippen molar-refractivity contribution in [2.75, 3.05) is 13.2 Å². The minimum atomic E-state index is 0.0814. The maximum Gasteiger partial charge on any atom is 0.122 e. The normalized spacial score (nSPS) is 11.3. The smallest absolute Gasteiger partial charge is 0.122 e. The fourth-order valence-electron chi connectivity index (χ4n) is 1.91. The highest BCUT2D eigenvalue weighted by Crippen LogP contribution is 2.17. The predicted octanol–water partition coefficient (Wildman–Crippen LogP) is 3.28. The molecule has 20 heavy (non-hydrogen) atoms. The summed E-state index contributed by atoms with van der Waals surface area (Å²) in [6, 6.07) is 14.2. The van der Waals surface area contributed by atoms with Gasteiger partial charge < -0.3 is 10.1 Å². The van der Waals surface area contributed by atoms with Crippen molar-refractivity contribution in [2.45, 2.75) is 20.4 Å². The third-order valence-electron chi connectivity index (χ3n) is 3.05. The van der Waals surface area contributed by atoms with Gasteiger partial charge in [0.15, 0.2) is 0 Å². The highest BCUT2D eigenvalue weighted by atomic mass is 16.5. The topological polar surface area (TPSA) is 34.1 Å². The molecule has 0 saturated carbocycles. The van der Waals surface area contributed by atoms with Crippen LogP contribution in [0.25, 0.3) is 0 Å². The number of aromatic nitrogens is 1. The summed E-state index contributed by atoms with van der Waals surface area (Å²) in [5, 5.41) is 3.49. The Morgan fingerprint density at radius 3 is 2.45 bits per heavy atom. The van der Waals surface area contributed by atoms with Gasteiger partial charge >= 0.3 is 0 Å². The average Bonchev–Trinajstić information content (AvgIpc) is 2.47. The van der Waals surface area contributed by atoms with Gasteiger partial charge in [0.1, 0.15) is 5.75 Å². The lowest BCUT2D eigenvalue weighted by molar-refractivity contribution is 0.176. The molecule has 1 aromatic heterocycles. The summed E-state index contributed by atoms with van der Waals surface area (Å²) >= 11 is 0. The van der Waals surface area contributed by atoms with Crippen LogP contribution < -0.4 is 10.1 Å². The zero-order valence-electron chi connectivity index (χ0n) is 12.2. The van der Waals surface area contributed by atoms with Gasteiger partial charge in [-0.1, -0.05) is 44.2 Å². The third kappa shape index (κ3) is 5.02. The molecular formula is C17H22N2O. The van der Waals surface area contributed by atoms with E-state index >= 15 is 0 Å². The molecule has 0 spiro atoms. The van der Waals surface area contributed by atoms with Crippen LogP contribution in [0.4, 0.5) is 0 Å². The predicted molar refractivity (Wildman–Crippen MR) is 81.7 cm³/mol. The molecule has 0 radical (unpaired) electrons. The maximum atomic E-state index is 5.79. The quantitative estimate of drug-likeness (QED) is 0.838. The van der Waals surface area contributed by atoms with Gasteiger partial charge in [-0.3, -0.25) is 4.98 Å². The van der Waals surface area contributed by atoms with Crippen molar-refractivity contribution in [3.8, 4) is 5.75 Å². The van der Waals surface area contributed by atoms with E-state index in [1.165, 1.54) is 5.56 Å². The van der Waals surface area contributed by atoms with Crippen molar-refractivity contribution in [3.63, 3.8) is 0 Å². The minimum Gasteiger partial charge on any atom is -0.493 e. The Kier molecular flexibility index (Phi) is 5.13. The summed E-state index contributed by atoms with van der Waals surface area (Å²) in [6.07, 6.45) is 3.49. The zero-order chi connectivity index (χ0) is 14.3. The number of benzene rings is 1. The molecule has 0 aliphatic heterocycles. The zero-order valence-corrected chi connectivity index (χ0v) is 12.2. The van der Waals surface area contributed by atoms with Gasteiger partial charge in [0.25, 0.3) is 0 Å². The Morgan fingerprint density at radius 2 is 1.75 bits per heavy atom. The highest BCUT2D eigenvalue weighted by Gasteiger charge is 2.18. The number of rotatable bonds is 7. The largest absolute Gasteiger partial charge is 0.493 e. The van der Waals surface area contributed by atoms with Crippen LogP contribution in [0.15, 0.2) is 54.9 Å². The molecule has 0 saturated heterocycles. The van der Waals surface area contributed by atoms with Crippen molar-refractivity contribution < 1.29 is 4.74 Å². The number of hydrogen-bond donors (Lipinski definition) is 1. The van der Waals surface area contributed by atoms with E-state index in [9.17, 15) is 0 Å². The van der Waals surface area contributed by atoms with Crippen molar-refractivity contribution in [1.29, 1.82) is 0 Å². The second-order valence-electron chi connectivity index (χ2n) is 5.72. The van der Waals surface area contributed by atoms with Crippen molar-refractivity contribution in [3.05, 3.63) is 60.4 Å². The molecule has 0 unspecified atom stereocenters. The first-order valence-corrected chi connectivity index (χ1v) is 6.93. The van der Waals surface area contributed by atoms with E-state index in [1.807, 2.05) is 18.2 Å². The Hall–Kier alpha value is -1.87. The number of nitrogens with one attached hydrogen (secondary N) is 1. The van der Waals surface area contributed by atoms with Crippen LogP contribution in [0.5, 0.6) is 5.75 Å². The fourth-order valence-corrected chi connectivity index (χ4v) is 1.91. The summed E-state index contributed by atoms with van der Waals surface area (Å²) in [4.78, 5) is 3.98. The molecule has 2 aromatic rings. The molecule has 0 aliphatic rings. The lowest BCUT2D eigenvalue weighted by atomic mass is 9.94. The number of hydrogen-bond acceptors (Lipinski definition) is 3. The van der Waals surface area contributed by atoms with Gasteiger partial charge in [0.2, 0.25) is 0 Å². The standard InChI is InChI=1S/C17H22N2O/c1-17(2,14-20-16-8-10-18-11-9-16)13-19-12-15-6-4-3-5-7-15/h3-11,19H,12-14H2,1-2H3. The van der Waals surface area contributed by atoms with Crippen LogP contribution in [-0.4, -0.2) is 18.1 Å². The summed E-state index contributed by atoms with van der Waals surface area (Å²) in [7, 11) is 0. The molecule has 0 aliphatic carbocycles. The van der Waals surface area contributed by atoms with E-state index in [4.69, 9.17) is 4.74 Å². The van der Waals surface area contributed by atoms with Crippen LogP contribution in [0.3, 0.4) is 0 Å².